The van der Waals surface area contributed by atoms with Gasteiger partial charge in [-0.25, -0.2) is 0 Å². The van der Waals surface area contributed by atoms with E-state index in [4.69, 9.17) is 4.74 Å². The Morgan fingerprint density at radius 1 is 0.275 bits per heavy atom. The van der Waals surface area contributed by atoms with Crippen LogP contribution in [0.2, 0.25) is 0 Å². The van der Waals surface area contributed by atoms with Crippen LogP contribution in [0.15, 0.2) is 206 Å². The summed E-state index contributed by atoms with van der Waals surface area (Å²) in [4.78, 5) is 0. The van der Waals surface area contributed by atoms with Gasteiger partial charge in [0.2, 0.25) is 0 Å². The summed E-state index contributed by atoms with van der Waals surface area (Å²) in [5, 5.41) is 0. The van der Waals surface area contributed by atoms with E-state index < -0.39 is 10.8 Å². The third-order valence-electron chi connectivity index (χ3n) is 11.1. The van der Waals surface area contributed by atoms with E-state index in [-0.39, 0.29) is 0 Å². The van der Waals surface area contributed by atoms with E-state index in [1.807, 2.05) is 0 Å². The second kappa shape index (κ2) is 11.6. The largest absolute Gasteiger partial charge is 0.457 e. The summed E-state index contributed by atoms with van der Waals surface area (Å²) in [6, 6.07) is 75.1. The minimum absolute atomic E-state index is 0.460. The summed E-state index contributed by atoms with van der Waals surface area (Å²) in [5.74, 6) is 1.76. The van der Waals surface area contributed by atoms with Crippen molar-refractivity contribution < 1.29 is 4.74 Å². The zero-order valence-corrected chi connectivity index (χ0v) is 28.0. The van der Waals surface area contributed by atoms with Crippen molar-refractivity contribution in [2.45, 2.75) is 10.8 Å². The first-order chi connectivity index (χ1) is 25.3. The van der Waals surface area contributed by atoms with Gasteiger partial charge in [-0.2, -0.15) is 0 Å². The molecule has 10 rings (SSSR count). The highest BCUT2D eigenvalue weighted by Crippen LogP contribution is 2.58. The molecule has 2 aliphatic rings. The molecule has 1 nitrogen and oxygen atoms in total. The van der Waals surface area contributed by atoms with Gasteiger partial charge in [0, 0.05) is 11.1 Å². The molecule has 0 N–H and O–H groups in total. The molecule has 0 spiro atoms. The molecule has 0 fully saturated rings. The molecular weight excluding hydrogens is 617 g/mol. The first kappa shape index (κ1) is 29.5. The lowest BCUT2D eigenvalue weighted by Crippen LogP contribution is -2.34. The Kier molecular flexibility index (Phi) is 6.69. The summed E-state index contributed by atoms with van der Waals surface area (Å²) in [6.45, 7) is 0. The summed E-state index contributed by atoms with van der Waals surface area (Å²) < 4.78 is 6.73. The van der Waals surface area contributed by atoms with Crippen LogP contribution in [-0.4, -0.2) is 0 Å². The van der Waals surface area contributed by atoms with Crippen molar-refractivity contribution >= 4 is 0 Å². The molecule has 0 amide bonds. The fraction of sp³-hybridized carbons (Fsp3) is 0.0400. The second-order valence-corrected chi connectivity index (χ2v) is 13.6. The third-order valence-corrected chi connectivity index (χ3v) is 11.1. The van der Waals surface area contributed by atoms with Crippen molar-refractivity contribution in [3.05, 3.63) is 251 Å². The molecule has 1 heterocycles. The molecular formula is C50H34O. The summed E-state index contributed by atoms with van der Waals surface area (Å²) in [6.07, 6.45) is 0. The van der Waals surface area contributed by atoms with E-state index in [0.717, 1.165) is 28.2 Å². The van der Waals surface area contributed by atoms with Gasteiger partial charge in [-0.05, 0) is 79.9 Å². The van der Waals surface area contributed by atoms with Gasteiger partial charge >= 0.3 is 0 Å². The smallest absolute Gasteiger partial charge is 0.132 e. The zero-order valence-electron chi connectivity index (χ0n) is 28.0. The van der Waals surface area contributed by atoms with Gasteiger partial charge in [0.05, 0.1) is 10.8 Å². The number of ether oxygens (including phenoxy) is 1. The van der Waals surface area contributed by atoms with Crippen molar-refractivity contribution in [2.75, 3.05) is 0 Å². The Hall–Kier alpha value is -6.44. The van der Waals surface area contributed by atoms with Crippen LogP contribution in [0, 0.1) is 0 Å². The Balaban J connectivity index is 1.25. The molecule has 0 aromatic heterocycles. The highest BCUT2D eigenvalue weighted by molar-refractivity contribution is 5.88. The molecule has 1 heteroatoms. The fourth-order valence-electron chi connectivity index (χ4n) is 9.01. The molecule has 0 atom stereocenters. The molecule has 0 saturated carbocycles. The quantitative estimate of drug-likeness (QED) is 0.180. The Labute approximate surface area is 299 Å². The van der Waals surface area contributed by atoms with E-state index >= 15 is 0 Å². The molecule has 1 aliphatic heterocycles. The van der Waals surface area contributed by atoms with Crippen LogP contribution < -0.4 is 4.74 Å². The standard InChI is InChI=1S/C50H34O/c1-5-17-37(18-6-1)49(38-19-7-2-8-20-38)43-26-14-13-25-41(43)42-31-29-35(33-45(42)49)36-30-32-48-46(34-36)50(39-21-9-3-10-22-39,40-23-11-4-12-24-40)44-27-15-16-28-47(44)51-48/h1-34H. The molecule has 240 valence electrons. The minimum atomic E-state index is -0.576. The first-order valence-electron chi connectivity index (χ1n) is 17.7. The maximum Gasteiger partial charge on any atom is 0.132 e. The molecule has 51 heavy (non-hydrogen) atoms. The monoisotopic (exact) mass is 650 g/mol. The zero-order chi connectivity index (χ0) is 33.8. The lowest BCUT2D eigenvalue weighted by atomic mass is 9.63. The first-order valence-corrected chi connectivity index (χ1v) is 17.7. The fourth-order valence-corrected chi connectivity index (χ4v) is 9.01. The molecule has 0 saturated heterocycles. The van der Waals surface area contributed by atoms with Gasteiger partial charge in [0.1, 0.15) is 11.5 Å². The number of fused-ring (bicyclic) bond motifs is 5. The highest BCUT2D eigenvalue weighted by Gasteiger charge is 2.47. The van der Waals surface area contributed by atoms with E-state index in [0.29, 0.717) is 0 Å². The van der Waals surface area contributed by atoms with Crippen LogP contribution in [0.3, 0.4) is 0 Å². The topological polar surface area (TPSA) is 9.23 Å². The second-order valence-electron chi connectivity index (χ2n) is 13.6. The van der Waals surface area contributed by atoms with Crippen LogP contribution in [0.25, 0.3) is 22.3 Å². The van der Waals surface area contributed by atoms with Gasteiger partial charge in [0.15, 0.2) is 0 Å². The van der Waals surface area contributed by atoms with Crippen LogP contribution in [-0.2, 0) is 10.8 Å². The lowest BCUT2D eigenvalue weighted by Gasteiger charge is -2.41. The molecule has 0 unspecified atom stereocenters. The minimum Gasteiger partial charge on any atom is -0.457 e. The lowest BCUT2D eigenvalue weighted by molar-refractivity contribution is 0.434. The SMILES string of the molecule is c1ccc(C2(c3ccccc3)c3ccccc3Oc3ccc(-c4ccc5c(c4)C(c4ccccc4)(c4ccccc4)c4ccccc4-5)cc32)cc1. The Morgan fingerprint density at radius 2 is 0.667 bits per heavy atom. The average Bonchev–Trinajstić information content (AvgIpc) is 3.51. The Morgan fingerprint density at radius 3 is 1.24 bits per heavy atom. The highest BCUT2D eigenvalue weighted by atomic mass is 16.5. The van der Waals surface area contributed by atoms with E-state index in [1.54, 1.807) is 0 Å². The van der Waals surface area contributed by atoms with Crippen molar-refractivity contribution in [1.29, 1.82) is 0 Å². The Bertz CT molecular complexity index is 2460. The van der Waals surface area contributed by atoms with E-state index in [9.17, 15) is 0 Å². The molecule has 0 bridgehead atoms. The molecule has 0 radical (unpaired) electrons. The van der Waals surface area contributed by atoms with Crippen LogP contribution in [0.1, 0.15) is 44.5 Å². The summed E-state index contributed by atoms with van der Waals surface area (Å²) >= 11 is 0. The van der Waals surface area contributed by atoms with Crippen LogP contribution in [0.4, 0.5) is 0 Å². The normalized spacial score (nSPS) is 14.4. The average molecular weight is 651 g/mol. The van der Waals surface area contributed by atoms with Crippen molar-refractivity contribution in [1.82, 2.24) is 0 Å². The number of hydrogen-bond acceptors (Lipinski definition) is 1. The van der Waals surface area contributed by atoms with Crippen LogP contribution in [0.5, 0.6) is 11.5 Å². The number of rotatable bonds is 5. The molecule has 8 aromatic carbocycles. The van der Waals surface area contributed by atoms with Crippen LogP contribution >= 0.6 is 0 Å². The predicted octanol–water partition coefficient (Wildman–Crippen LogP) is 12.2. The molecule has 8 aromatic rings. The van der Waals surface area contributed by atoms with Crippen molar-refractivity contribution in [2.24, 2.45) is 0 Å². The summed E-state index contributed by atoms with van der Waals surface area (Å²) in [5.41, 5.74) is 13.7. The van der Waals surface area contributed by atoms with Gasteiger partial charge in [-0.15, -0.1) is 0 Å². The van der Waals surface area contributed by atoms with Gasteiger partial charge < -0.3 is 4.74 Å². The maximum atomic E-state index is 6.73. The number of hydrogen-bond donors (Lipinski definition) is 0. The summed E-state index contributed by atoms with van der Waals surface area (Å²) in [7, 11) is 0. The number of para-hydroxylation sites is 1. The van der Waals surface area contributed by atoms with Gasteiger partial charge in [-0.3, -0.25) is 0 Å². The molecule has 1 aliphatic carbocycles. The maximum absolute atomic E-state index is 6.73. The van der Waals surface area contributed by atoms with E-state index in [2.05, 4.69) is 206 Å². The van der Waals surface area contributed by atoms with Crippen molar-refractivity contribution in [3.63, 3.8) is 0 Å². The van der Waals surface area contributed by atoms with Crippen molar-refractivity contribution in [3.8, 4) is 33.8 Å². The third kappa shape index (κ3) is 4.22. The van der Waals surface area contributed by atoms with E-state index in [1.165, 1.54) is 50.1 Å². The number of benzene rings is 8. The van der Waals surface area contributed by atoms with Gasteiger partial charge in [-0.1, -0.05) is 182 Å². The predicted molar refractivity (Wildman–Crippen MR) is 208 cm³/mol. The van der Waals surface area contributed by atoms with Gasteiger partial charge in [0.25, 0.3) is 0 Å².